The molecule has 1 aromatic rings. The Balaban J connectivity index is 2.11. The lowest BCUT2D eigenvalue weighted by Gasteiger charge is -2.28. The van der Waals surface area contributed by atoms with E-state index in [0.717, 1.165) is 19.4 Å². The van der Waals surface area contributed by atoms with E-state index in [1.165, 1.54) is 0 Å². The fourth-order valence-electron chi connectivity index (χ4n) is 3.35. The Labute approximate surface area is 161 Å². The van der Waals surface area contributed by atoms with Gasteiger partial charge >= 0.3 is 5.97 Å². The number of likely N-dealkylation sites (N-methyl/N-ethyl adjacent to an activating group) is 1. The quantitative estimate of drug-likeness (QED) is 0.399. The fraction of sp³-hybridized carbons (Fsp3) is 0.700. The summed E-state index contributed by atoms with van der Waals surface area (Å²) >= 11 is 0. The van der Waals surface area contributed by atoms with E-state index in [4.69, 9.17) is 9.47 Å². The summed E-state index contributed by atoms with van der Waals surface area (Å²) in [5.74, 6) is -0.400. The molecule has 0 saturated carbocycles. The van der Waals surface area contributed by atoms with Gasteiger partial charge in [-0.15, -0.1) is 0 Å². The lowest BCUT2D eigenvalue weighted by Crippen LogP contribution is -2.46. The molecule has 1 aromatic heterocycles. The van der Waals surface area contributed by atoms with E-state index >= 15 is 0 Å². The lowest BCUT2D eigenvalue weighted by atomic mass is 10.1. The molecule has 0 aliphatic carbocycles. The molecule has 7 heteroatoms. The van der Waals surface area contributed by atoms with Crippen molar-refractivity contribution in [1.29, 1.82) is 0 Å². The van der Waals surface area contributed by atoms with Gasteiger partial charge in [0.05, 0.1) is 27.2 Å². The summed E-state index contributed by atoms with van der Waals surface area (Å²) in [5, 5.41) is 20.5. The lowest BCUT2D eigenvalue weighted by molar-refractivity contribution is -0.873. The van der Waals surface area contributed by atoms with Gasteiger partial charge in [0.25, 0.3) is 6.23 Å². The summed E-state index contributed by atoms with van der Waals surface area (Å²) in [6.45, 7) is 4.72. The second-order valence-electron chi connectivity index (χ2n) is 8.28. The Bertz CT molecular complexity index is 631. The Morgan fingerprint density at radius 3 is 2.59 bits per heavy atom. The van der Waals surface area contributed by atoms with Crippen LogP contribution < -0.4 is 4.57 Å². The summed E-state index contributed by atoms with van der Waals surface area (Å²) < 4.78 is 13.8. The molecular weight excluding hydrogens is 348 g/mol. The third kappa shape index (κ3) is 5.72. The van der Waals surface area contributed by atoms with Gasteiger partial charge in [-0.2, -0.15) is 4.57 Å². The summed E-state index contributed by atoms with van der Waals surface area (Å²) in [4.78, 5) is 12.6. The van der Waals surface area contributed by atoms with Gasteiger partial charge in [0, 0.05) is 6.07 Å². The molecule has 7 nitrogen and oxygen atoms in total. The minimum Gasteiger partial charge on any atom is -0.453 e. The van der Waals surface area contributed by atoms with Crippen molar-refractivity contribution in [1.82, 2.24) is 0 Å². The van der Waals surface area contributed by atoms with Gasteiger partial charge in [-0.05, 0) is 18.9 Å². The van der Waals surface area contributed by atoms with E-state index in [0.29, 0.717) is 16.5 Å². The van der Waals surface area contributed by atoms with E-state index < -0.39 is 30.5 Å². The summed E-state index contributed by atoms with van der Waals surface area (Å²) in [5.41, 5.74) is 0.390. The smallest absolute Gasteiger partial charge is 0.344 e. The highest BCUT2D eigenvalue weighted by atomic mass is 16.6. The van der Waals surface area contributed by atoms with Crippen LogP contribution in [0.3, 0.4) is 0 Å². The van der Waals surface area contributed by atoms with Crippen LogP contribution in [-0.4, -0.2) is 72.8 Å². The molecule has 2 N–H and O–H groups in total. The van der Waals surface area contributed by atoms with Gasteiger partial charge < -0.3 is 24.2 Å². The first-order chi connectivity index (χ1) is 12.7. The van der Waals surface area contributed by atoms with Crippen molar-refractivity contribution in [2.24, 2.45) is 0 Å². The zero-order chi connectivity index (χ0) is 20.2. The van der Waals surface area contributed by atoms with Crippen LogP contribution in [0.25, 0.3) is 0 Å². The van der Waals surface area contributed by atoms with Crippen molar-refractivity contribution in [3.63, 3.8) is 0 Å². The van der Waals surface area contributed by atoms with Gasteiger partial charge in [0.15, 0.2) is 24.6 Å². The first kappa shape index (κ1) is 21.8. The van der Waals surface area contributed by atoms with E-state index in [-0.39, 0.29) is 6.10 Å². The van der Waals surface area contributed by atoms with Crippen LogP contribution in [0.15, 0.2) is 24.5 Å². The topological polar surface area (TPSA) is 79.9 Å². The number of aliphatic hydroxyl groups excluding tert-OH is 2. The van der Waals surface area contributed by atoms with Crippen molar-refractivity contribution < 1.29 is 33.5 Å². The molecule has 5 atom stereocenters. The monoisotopic (exact) mass is 382 g/mol. The predicted molar refractivity (Wildman–Crippen MR) is 99.9 cm³/mol. The molecule has 1 aliphatic rings. The maximum Gasteiger partial charge on any atom is 0.344 e. The molecule has 1 aliphatic heterocycles. The molecule has 0 radical (unpaired) electrons. The Hall–Kier alpha value is -1.54. The number of nitrogens with zero attached hydrogens (tertiary/aromatic N) is 2. The number of rotatable bonds is 8. The van der Waals surface area contributed by atoms with Crippen LogP contribution >= 0.6 is 0 Å². The highest BCUT2D eigenvalue weighted by Gasteiger charge is 2.47. The van der Waals surface area contributed by atoms with Crippen molar-refractivity contribution in [3.05, 3.63) is 30.1 Å². The number of ether oxygens (including phenoxy) is 2. The van der Waals surface area contributed by atoms with Crippen LogP contribution in [0.1, 0.15) is 49.7 Å². The molecule has 1 saturated heterocycles. The van der Waals surface area contributed by atoms with E-state index in [1.54, 1.807) is 29.1 Å². The normalized spacial score (nSPS) is 26.8. The Kier molecular flexibility index (Phi) is 7.33. The number of hydrogen-bond acceptors (Lipinski definition) is 5. The SMILES string of the molecule is CCC[C@H]1O[C@@H]([n+]2cccc(C(=O)O[C@H](CC)C[N+](C)(C)C)c2)[C@H](O)[C@@H]1O. The van der Waals surface area contributed by atoms with Gasteiger partial charge in [-0.25, -0.2) is 4.79 Å². The van der Waals surface area contributed by atoms with E-state index in [1.807, 2.05) is 13.8 Å². The largest absolute Gasteiger partial charge is 0.453 e. The molecule has 0 bridgehead atoms. The summed E-state index contributed by atoms with van der Waals surface area (Å²) in [6.07, 6.45) is 2.30. The number of hydrogen-bond donors (Lipinski definition) is 2. The van der Waals surface area contributed by atoms with Crippen LogP contribution in [0.2, 0.25) is 0 Å². The second kappa shape index (κ2) is 9.10. The number of quaternary nitrogens is 1. The highest BCUT2D eigenvalue weighted by Crippen LogP contribution is 2.28. The van der Waals surface area contributed by atoms with Gasteiger partial charge in [-0.1, -0.05) is 20.3 Å². The molecule has 2 rings (SSSR count). The third-order valence-electron chi connectivity index (χ3n) is 4.74. The van der Waals surface area contributed by atoms with Gasteiger partial charge in [0.2, 0.25) is 0 Å². The number of carbonyl (C=O) groups excluding carboxylic acids is 1. The average Bonchev–Trinajstić information content (AvgIpc) is 2.89. The van der Waals surface area contributed by atoms with Crippen LogP contribution in [0.4, 0.5) is 0 Å². The van der Waals surface area contributed by atoms with Crippen molar-refractivity contribution in [3.8, 4) is 0 Å². The molecule has 0 amide bonds. The molecule has 0 unspecified atom stereocenters. The minimum absolute atomic E-state index is 0.171. The third-order valence-corrected chi connectivity index (χ3v) is 4.74. The number of pyridine rings is 1. The molecule has 27 heavy (non-hydrogen) atoms. The fourth-order valence-corrected chi connectivity index (χ4v) is 3.35. The second-order valence-corrected chi connectivity index (χ2v) is 8.28. The predicted octanol–water partition coefficient (Wildman–Crippen LogP) is 1.04. The molecule has 0 spiro atoms. The molecule has 152 valence electrons. The van der Waals surface area contributed by atoms with Crippen molar-refractivity contribution in [2.75, 3.05) is 27.7 Å². The maximum atomic E-state index is 12.6. The average molecular weight is 383 g/mol. The Morgan fingerprint density at radius 2 is 2.00 bits per heavy atom. The Morgan fingerprint density at radius 1 is 1.30 bits per heavy atom. The number of esters is 1. The van der Waals surface area contributed by atoms with Crippen LogP contribution in [-0.2, 0) is 9.47 Å². The van der Waals surface area contributed by atoms with Crippen LogP contribution in [0, 0.1) is 0 Å². The van der Waals surface area contributed by atoms with Gasteiger partial charge in [-0.3, -0.25) is 0 Å². The first-order valence-corrected chi connectivity index (χ1v) is 9.70. The molecular formula is C20H34N2O5+2. The van der Waals surface area contributed by atoms with Crippen LogP contribution in [0.5, 0.6) is 0 Å². The summed E-state index contributed by atoms with van der Waals surface area (Å²) in [7, 11) is 6.18. The van der Waals surface area contributed by atoms with Crippen molar-refractivity contribution >= 4 is 5.97 Å². The number of aromatic nitrogens is 1. The molecule has 1 fully saturated rings. The number of carbonyl (C=O) groups is 1. The number of aliphatic hydroxyl groups is 2. The zero-order valence-electron chi connectivity index (χ0n) is 17.0. The zero-order valence-corrected chi connectivity index (χ0v) is 17.0. The molecule has 0 aromatic carbocycles. The van der Waals surface area contributed by atoms with E-state index in [9.17, 15) is 15.0 Å². The standard InChI is InChI=1S/C20H34N2O5/c1-6-9-16-17(23)18(24)19(27-16)21-11-8-10-14(12-21)20(25)26-15(7-2)13-22(3,4)5/h8,10-12,15-19,23-24H,6-7,9,13H2,1-5H3/q+2/t15-,16-,17-,18-,19-/m1/s1. The van der Waals surface area contributed by atoms with Crippen molar-refractivity contribution in [2.45, 2.75) is 63.8 Å². The maximum absolute atomic E-state index is 12.6. The highest BCUT2D eigenvalue weighted by molar-refractivity contribution is 5.88. The van der Waals surface area contributed by atoms with Gasteiger partial charge in [0.1, 0.15) is 18.2 Å². The summed E-state index contributed by atoms with van der Waals surface area (Å²) in [6, 6.07) is 3.39. The van der Waals surface area contributed by atoms with E-state index in [2.05, 4.69) is 21.1 Å². The molecule has 2 heterocycles. The minimum atomic E-state index is -1.04. The first-order valence-electron chi connectivity index (χ1n) is 9.70.